The van der Waals surface area contributed by atoms with E-state index in [1.807, 2.05) is 0 Å². The van der Waals surface area contributed by atoms with Gasteiger partial charge in [0.2, 0.25) is 0 Å². The number of carbonyl (C=O) groups excluding carboxylic acids is 1. The molecule has 0 saturated carbocycles. The van der Waals surface area contributed by atoms with Crippen molar-refractivity contribution >= 4 is 87.4 Å². The van der Waals surface area contributed by atoms with Gasteiger partial charge < -0.3 is 20.7 Å². The van der Waals surface area contributed by atoms with E-state index >= 15 is 0 Å². The Bertz CT molecular complexity index is 659. The Morgan fingerprint density at radius 1 is 0.905 bits per heavy atom. The van der Waals surface area contributed by atoms with Crippen molar-refractivity contribution in [3.8, 4) is 11.5 Å². The molecule has 21 heavy (non-hydrogen) atoms. The maximum Gasteiger partial charge on any atom is 2.00 e. The third kappa shape index (κ3) is 5.43. The van der Waals surface area contributed by atoms with E-state index in [1.165, 1.54) is 30.3 Å². The molecule has 0 aliphatic heterocycles. The molecule has 104 valence electrons. The van der Waals surface area contributed by atoms with Crippen LogP contribution in [-0.2, 0) is 0 Å². The minimum absolute atomic E-state index is 0. The van der Waals surface area contributed by atoms with E-state index in [2.05, 4.69) is 0 Å². The predicted molar refractivity (Wildman–Crippen MR) is 82.4 cm³/mol. The van der Waals surface area contributed by atoms with Crippen LogP contribution in [0, 0.1) is 0 Å². The van der Waals surface area contributed by atoms with Crippen LogP contribution >= 0.6 is 0 Å². The van der Waals surface area contributed by atoms with Gasteiger partial charge in [0.1, 0.15) is 22.6 Å². The maximum absolute atomic E-state index is 11.8. The van der Waals surface area contributed by atoms with Gasteiger partial charge in [-0.3, -0.25) is 0 Å². The third-order valence-electron chi connectivity index (χ3n) is 2.44. The second-order valence-corrected chi connectivity index (χ2v) is 3.71. The first-order valence-corrected chi connectivity index (χ1v) is 5.42. The number of aromatic carboxylic acids is 1. The standard InChI is InChI=1S/C14H10O5.2Ca.4H/c15-11-7-3-1-5-9(11)14(18)19-12-8-4-2-6-10(12)13(16)17;;;;;;/h1-8,15H,(H,16,17);;;;;;/q;2*+2;4*-1. The van der Waals surface area contributed by atoms with Crippen molar-refractivity contribution in [3.63, 3.8) is 0 Å². The van der Waals surface area contributed by atoms with Crippen LogP contribution < -0.4 is 4.74 Å². The van der Waals surface area contributed by atoms with Gasteiger partial charge in [0.05, 0.1) is 0 Å². The second kappa shape index (κ2) is 9.66. The summed E-state index contributed by atoms with van der Waals surface area (Å²) >= 11 is 0. The van der Waals surface area contributed by atoms with Crippen LogP contribution in [0.4, 0.5) is 0 Å². The first-order valence-electron chi connectivity index (χ1n) is 5.42. The molecule has 0 spiro atoms. The summed E-state index contributed by atoms with van der Waals surface area (Å²) in [4.78, 5) is 22.8. The number of carbonyl (C=O) groups is 2. The molecular weight excluding hydrogens is 328 g/mol. The zero-order valence-corrected chi connectivity index (χ0v) is 15.6. The van der Waals surface area contributed by atoms with E-state index in [1.54, 1.807) is 18.2 Å². The van der Waals surface area contributed by atoms with Gasteiger partial charge in [-0.15, -0.1) is 0 Å². The van der Waals surface area contributed by atoms with E-state index < -0.39 is 11.9 Å². The minimum Gasteiger partial charge on any atom is -1.00 e. The van der Waals surface area contributed by atoms with Crippen molar-refractivity contribution in [1.29, 1.82) is 0 Å². The van der Waals surface area contributed by atoms with Crippen LogP contribution in [0.3, 0.4) is 0 Å². The summed E-state index contributed by atoms with van der Waals surface area (Å²) in [5.74, 6) is -2.30. The number of phenols is 1. The molecule has 2 aromatic rings. The van der Waals surface area contributed by atoms with E-state index in [-0.39, 0.29) is 104 Å². The molecule has 0 radical (unpaired) electrons. The first kappa shape index (κ1) is 20.7. The van der Waals surface area contributed by atoms with Gasteiger partial charge in [0.15, 0.2) is 0 Å². The molecule has 2 rings (SSSR count). The molecule has 2 aromatic carbocycles. The number of carboxylic acid groups (broad SMARTS) is 1. The number of benzene rings is 2. The Hall–Kier alpha value is -0.301. The molecule has 0 unspecified atom stereocenters. The number of hydrogen-bond donors (Lipinski definition) is 2. The molecule has 0 aromatic heterocycles. The fourth-order valence-corrected chi connectivity index (χ4v) is 1.53. The summed E-state index contributed by atoms with van der Waals surface area (Å²) in [7, 11) is 0. The van der Waals surface area contributed by atoms with Gasteiger partial charge in [-0.1, -0.05) is 24.3 Å². The zero-order valence-electron chi connectivity index (χ0n) is 15.2. The quantitative estimate of drug-likeness (QED) is 0.506. The molecule has 0 atom stereocenters. The van der Waals surface area contributed by atoms with Gasteiger partial charge in [0, 0.05) is 0 Å². The van der Waals surface area contributed by atoms with E-state index in [0.29, 0.717) is 0 Å². The van der Waals surface area contributed by atoms with Crippen molar-refractivity contribution < 1.29 is 30.2 Å². The van der Waals surface area contributed by atoms with Crippen LogP contribution in [-0.4, -0.2) is 97.6 Å². The topological polar surface area (TPSA) is 83.8 Å². The van der Waals surface area contributed by atoms with Crippen LogP contribution in [0.1, 0.15) is 26.4 Å². The van der Waals surface area contributed by atoms with Gasteiger partial charge in [0.25, 0.3) is 0 Å². The summed E-state index contributed by atoms with van der Waals surface area (Å²) in [6.45, 7) is 0. The number of para-hydroxylation sites is 2. The van der Waals surface area contributed by atoms with Gasteiger partial charge in [-0.05, 0) is 24.3 Å². The molecule has 2 N–H and O–H groups in total. The molecule has 7 heteroatoms. The average Bonchev–Trinajstić information content (AvgIpc) is 2.39. The van der Waals surface area contributed by atoms with Crippen LogP contribution in [0.25, 0.3) is 0 Å². The molecule has 0 aliphatic carbocycles. The SMILES string of the molecule is O=C(Oc1ccccc1C(=O)O)c1ccccc1O.[Ca+2].[Ca+2].[H-].[H-].[H-].[H-]. The molecule has 5 nitrogen and oxygen atoms in total. The summed E-state index contributed by atoms with van der Waals surface area (Å²) in [5, 5.41) is 18.5. The summed E-state index contributed by atoms with van der Waals surface area (Å²) < 4.78 is 4.99. The van der Waals surface area contributed by atoms with Crippen LogP contribution in [0.2, 0.25) is 0 Å². The second-order valence-electron chi connectivity index (χ2n) is 3.71. The van der Waals surface area contributed by atoms with Crippen LogP contribution in [0.15, 0.2) is 48.5 Å². The Balaban J connectivity index is -0.000000222. The Morgan fingerprint density at radius 2 is 1.43 bits per heavy atom. The smallest absolute Gasteiger partial charge is 1.00 e. The van der Waals surface area contributed by atoms with Gasteiger partial charge in [-0.25, -0.2) is 9.59 Å². The van der Waals surface area contributed by atoms with Crippen molar-refractivity contribution in [3.05, 3.63) is 59.7 Å². The molecule has 0 fully saturated rings. The number of ether oxygens (including phenoxy) is 1. The van der Waals surface area contributed by atoms with Crippen molar-refractivity contribution in [2.24, 2.45) is 0 Å². The number of rotatable bonds is 3. The van der Waals surface area contributed by atoms with Crippen molar-refractivity contribution in [2.75, 3.05) is 0 Å². The molecular formula is C14H14Ca2O5. The van der Waals surface area contributed by atoms with E-state index in [0.717, 1.165) is 0 Å². The Labute approximate surface area is 186 Å². The fraction of sp³-hybridized carbons (Fsp3) is 0. The third-order valence-corrected chi connectivity index (χ3v) is 2.44. The number of aromatic hydroxyl groups is 1. The first-order chi connectivity index (χ1) is 9.09. The maximum atomic E-state index is 11.8. The number of phenolic OH excluding ortho intramolecular Hbond substituents is 1. The monoisotopic (exact) mass is 342 g/mol. The minimum atomic E-state index is -1.19. The zero-order chi connectivity index (χ0) is 13.8. The summed E-state index contributed by atoms with van der Waals surface area (Å²) in [6.07, 6.45) is 0. The van der Waals surface area contributed by atoms with Crippen LogP contribution in [0.5, 0.6) is 11.5 Å². The van der Waals surface area contributed by atoms with Gasteiger partial charge in [-0.2, -0.15) is 0 Å². The van der Waals surface area contributed by atoms with Crippen molar-refractivity contribution in [2.45, 2.75) is 0 Å². The number of hydrogen-bond acceptors (Lipinski definition) is 4. The number of carboxylic acids is 1. The Morgan fingerprint density at radius 3 is 2.00 bits per heavy atom. The molecule has 0 bridgehead atoms. The average molecular weight is 342 g/mol. The van der Waals surface area contributed by atoms with E-state index in [4.69, 9.17) is 9.84 Å². The van der Waals surface area contributed by atoms with Crippen molar-refractivity contribution in [1.82, 2.24) is 0 Å². The summed E-state index contributed by atoms with van der Waals surface area (Å²) in [6, 6.07) is 11.7. The molecule has 0 saturated heterocycles. The Kier molecular flexibility index (Phi) is 9.52. The molecule has 0 amide bonds. The molecule has 0 aliphatic rings. The molecule has 0 heterocycles. The normalized spacial score (nSPS) is 8.95. The van der Waals surface area contributed by atoms with E-state index in [9.17, 15) is 14.7 Å². The largest absolute Gasteiger partial charge is 2.00 e. The summed E-state index contributed by atoms with van der Waals surface area (Å²) in [5.41, 5.74) is -0.144. The predicted octanol–water partition coefficient (Wildman–Crippen LogP) is 2.00. The number of esters is 1. The fourth-order valence-electron chi connectivity index (χ4n) is 1.53. The van der Waals surface area contributed by atoms with Gasteiger partial charge >= 0.3 is 87.4 Å².